The fourth-order valence-corrected chi connectivity index (χ4v) is 4.29. The molecule has 0 aliphatic heterocycles. The lowest BCUT2D eigenvalue weighted by molar-refractivity contribution is -0.142. The number of carbonyl (C=O) groups excluding carboxylic acids is 1. The maximum atomic E-state index is 12.4. The second-order valence-corrected chi connectivity index (χ2v) is 8.13. The second kappa shape index (κ2) is 11.4. The number of ether oxygens (including phenoxy) is 2. The summed E-state index contributed by atoms with van der Waals surface area (Å²) in [6.45, 7) is 6.57. The summed E-state index contributed by atoms with van der Waals surface area (Å²) >= 11 is 1.28. The minimum atomic E-state index is -0.436. The Balaban J connectivity index is 2.13. The number of hydrogen-bond donors (Lipinski definition) is 0. The average molecular weight is 447 g/mol. The van der Waals surface area contributed by atoms with Crippen LogP contribution in [0.15, 0.2) is 65.7 Å². The van der Waals surface area contributed by atoms with Crippen molar-refractivity contribution in [1.82, 2.24) is 4.98 Å². The van der Waals surface area contributed by atoms with Gasteiger partial charge in [-0.15, -0.1) is 0 Å². The number of carbonyl (C=O) groups is 1. The summed E-state index contributed by atoms with van der Waals surface area (Å²) in [7, 11) is 0. The lowest BCUT2D eigenvalue weighted by Gasteiger charge is -2.16. The molecule has 0 N–H and O–H groups in total. The third kappa shape index (κ3) is 5.49. The maximum Gasteiger partial charge on any atom is 0.319 e. The van der Waals surface area contributed by atoms with Gasteiger partial charge in [-0.25, -0.2) is 4.98 Å². The molecule has 6 heteroatoms. The molecule has 0 spiro atoms. The lowest BCUT2D eigenvalue weighted by Crippen LogP contribution is -2.19. The molecule has 0 bridgehead atoms. The third-order valence-corrected chi connectivity index (χ3v) is 6.15. The van der Waals surface area contributed by atoms with Gasteiger partial charge < -0.3 is 9.47 Å². The van der Waals surface area contributed by atoms with E-state index in [-0.39, 0.29) is 5.97 Å². The summed E-state index contributed by atoms with van der Waals surface area (Å²) < 4.78 is 10.8. The first-order valence-corrected chi connectivity index (χ1v) is 11.6. The van der Waals surface area contributed by atoms with Gasteiger partial charge in [-0.1, -0.05) is 49.0 Å². The molecule has 0 saturated carbocycles. The smallest absolute Gasteiger partial charge is 0.319 e. The van der Waals surface area contributed by atoms with Crippen LogP contribution in [0.3, 0.4) is 0 Å². The number of rotatable bonds is 9. The standard InChI is InChI=1S/C26H26N2O3S/c1-4-24(26(29)31-6-3)32-25-22(17-27)21(18-10-8-7-9-11-18)16-23(28-25)19-12-14-20(15-13-19)30-5-2/h7-16,24H,4-6H2,1-3H3/t24-/m0/s1. The van der Waals surface area contributed by atoms with Gasteiger partial charge in [-0.3, -0.25) is 4.79 Å². The Kier molecular flexibility index (Phi) is 8.29. The Bertz CT molecular complexity index is 1090. The summed E-state index contributed by atoms with van der Waals surface area (Å²) in [4.78, 5) is 17.2. The van der Waals surface area contributed by atoms with E-state index in [1.54, 1.807) is 6.92 Å². The number of hydrogen-bond acceptors (Lipinski definition) is 6. The minimum Gasteiger partial charge on any atom is -0.494 e. The van der Waals surface area contributed by atoms with Gasteiger partial charge in [0.25, 0.3) is 0 Å². The van der Waals surface area contributed by atoms with Crippen LogP contribution in [0.25, 0.3) is 22.4 Å². The highest BCUT2D eigenvalue weighted by Crippen LogP contribution is 2.36. The zero-order valence-corrected chi connectivity index (χ0v) is 19.3. The average Bonchev–Trinajstić information content (AvgIpc) is 2.83. The van der Waals surface area contributed by atoms with Crippen molar-refractivity contribution in [3.05, 3.63) is 66.2 Å². The van der Waals surface area contributed by atoms with Crippen molar-refractivity contribution >= 4 is 17.7 Å². The van der Waals surface area contributed by atoms with Crippen molar-refractivity contribution in [3.63, 3.8) is 0 Å². The number of aromatic nitrogens is 1. The monoisotopic (exact) mass is 446 g/mol. The van der Waals surface area contributed by atoms with Crippen molar-refractivity contribution in [1.29, 1.82) is 5.26 Å². The highest BCUT2D eigenvalue weighted by Gasteiger charge is 2.24. The summed E-state index contributed by atoms with van der Waals surface area (Å²) in [6, 6.07) is 21.7. The van der Waals surface area contributed by atoms with Crippen molar-refractivity contribution in [2.45, 2.75) is 37.5 Å². The van der Waals surface area contributed by atoms with Crippen molar-refractivity contribution in [2.24, 2.45) is 0 Å². The fourth-order valence-electron chi connectivity index (χ4n) is 3.26. The largest absolute Gasteiger partial charge is 0.494 e. The van der Waals surface area contributed by atoms with Gasteiger partial charge in [0.15, 0.2) is 0 Å². The van der Waals surface area contributed by atoms with Crippen LogP contribution in [-0.4, -0.2) is 29.4 Å². The highest BCUT2D eigenvalue weighted by atomic mass is 32.2. The van der Waals surface area contributed by atoms with E-state index < -0.39 is 5.25 Å². The normalized spacial score (nSPS) is 11.4. The van der Waals surface area contributed by atoms with E-state index in [2.05, 4.69) is 6.07 Å². The molecule has 2 aromatic carbocycles. The zero-order chi connectivity index (χ0) is 22.9. The van der Waals surface area contributed by atoms with Crippen LogP contribution in [-0.2, 0) is 9.53 Å². The van der Waals surface area contributed by atoms with E-state index >= 15 is 0 Å². The van der Waals surface area contributed by atoms with E-state index in [9.17, 15) is 10.1 Å². The molecular formula is C26H26N2O3S. The van der Waals surface area contributed by atoms with E-state index in [0.29, 0.717) is 30.2 Å². The molecule has 3 aromatic rings. The number of pyridine rings is 1. The van der Waals surface area contributed by atoms with Gasteiger partial charge in [-0.05, 0) is 56.2 Å². The van der Waals surface area contributed by atoms with Crippen LogP contribution in [0.4, 0.5) is 0 Å². The van der Waals surface area contributed by atoms with E-state index in [1.807, 2.05) is 74.5 Å². The minimum absolute atomic E-state index is 0.293. The van der Waals surface area contributed by atoms with E-state index in [1.165, 1.54) is 11.8 Å². The Morgan fingerprint density at radius 1 is 1.03 bits per heavy atom. The van der Waals surface area contributed by atoms with Crippen molar-refractivity contribution in [2.75, 3.05) is 13.2 Å². The first kappa shape index (κ1) is 23.4. The molecule has 0 fully saturated rings. The molecule has 0 radical (unpaired) electrons. The molecule has 1 aromatic heterocycles. The fraction of sp³-hybridized carbons (Fsp3) is 0.269. The first-order chi connectivity index (χ1) is 15.6. The number of thioether (sulfide) groups is 1. The quantitative estimate of drug-likeness (QED) is 0.291. The van der Waals surface area contributed by atoms with Crippen molar-refractivity contribution < 1.29 is 14.3 Å². The van der Waals surface area contributed by atoms with Gasteiger partial charge >= 0.3 is 5.97 Å². The molecule has 0 amide bonds. The second-order valence-electron chi connectivity index (χ2n) is 6.94. The van der Waals surface area contributed by atoms with Gasteiger partial charge in [0, 0.05) is 11.1 Å². The predicted octanol–water partition coefficient (Wildman–Crippen LogP) is 6.12. The van der Waals surface area contributed by atoms with E-state index in [0.717, 1.165) is 28.1 Å². The van der Waals surface area contributed by atoms with Gasteiger partial charge in [0.1, 0.15) is 22.1 Å². The summed E-state index contributed by atoms with van der Waals surface area (Å²) in [6.07, 6.45) is 0.573. The van der Waals surface area contributed by atoms with Crippen LogP contribution >= 0.6 is 11.8 Å². The Morgan fingerprint density at radius 3 is 2.34 bits per heavy atom. The van der Waals surface area contributed by atoms with Gasteiger partial charge in [-0.2, -0.15) is 5.26 Å². The number of nitriles is 1. The summed E-state index contributed by atoms with van der Waals surface area (Å²) in [5.74, 6) is 0.495. The molecule has 32 heavy (non-hydrogen) atoms. The molecule has 5 nitrogen and oxygen atoms in total. The molecule has 164 valence electrons. The van der Waals surface area contributed by atoms with Gasteiger partial charge in [0.2, 0.25) is 0 Å². The lowest BCUT2D eigenvalue weighted by atomic mass is 9.99. The Morgan fingerprint density at radius 2 is 1.75 bits per heavy atom. The molecular weight excluding hydrogens is 420 g/mol. The van der Waals surface area contributed by atoms with Crippen LogP contribution in [0.2, 0.25) is 0 Å². The van der Waals surface area contributed by atoms with Crippen molar-refractivity contribution in [3.8, 4) is 34.2 Å². The predicted molar refractivity (Wildman–Crippen MR) is 128 cm³/mol. The van der Waals surface area contributed by atoms with E-state index in [4.69, 9.17) is 14.5 Å². The zero-order valence-electron chi connectivity index (χ0n) is 18.5. The molecule has 3 rings (SSSR count). The highest BCUT2D eigenvalue weighted by molar-refractivity contribution is 8.00. The van der Waals surface area contributed by atoms with Crippen LogP contribution in [0, 0.1) is 11.3 Å². The topological polar surface area (TPSA) is 72.2 Å². The van der Waals surface area contributed by atoms with Crippen LogP contribution < -0.4 is 4.74 Å². The number of esters is 1. The maximum absolute atomic E-state index is 12.4. The Hall–Kier alpha value is -3.30. The third-order valence-electron chi connectivity index (χ3n) is 4.82. The molecule has 0 aliphatic rings. The Labute approximate surface area is 193 Å². The summed E-state index contributed by atoms with van der Waals surface area (Å²) in [5, 5.41) is 10.1. The molecule has 0 saturated heterocycles. The molecule has 1 atom stereocenters. The molecule has 0 aliphatic carbocycles. The van der Waals surface area contributed by atoms with Crippen LogP contribution in [0.1, 0.15) is 32.8 Å². The first-order valence-electron chi connectivity index (χ1n) is 10.7. The molecule has 1 heterocycles. The summed E-state index contributed by atoms with van der Waals surface area (Å²) in [5.41, 5.74) is 3.80. The van der Waals surface area contributed by atoms with Gasteiger partial charge in [0.05, 0.1) is 24.5 Å². The number of benzene rings is 2. The molecule has 0 unspecified atom stereocenters. The van der Waals surface area contributed by atoms with Crippen LogP contribution in [0.5, 0.6) is 5.75 Å². The number of nitrogens with zero attached hydrogens (tertiary/aromatic N) is 2. The SMILES string of the molecule is CCOC(=O)[C@H](CC)Sc1nc(-c2ccc(OCC)cc2)cc(-c2ccccc2)c1C#N.